The van der Waals surface area contributed by atoms with Crippen molar-refractivity contribution in [1.82, 2.24) is 9.13 Å². The highest BCUT2D eigenvalue weighted by molar-refractivity contribution is 6.14. The molecule has 0 fully saturated rings. The van der Waals surface area contributed by atoms with Crippen LogP contribution in [0.1, 0.15) is 11.5 Å². The van der Waals surface area contributed by atoms with Crippen LogP contribution < -0.4 is 4.90 Å². The van der Waals surface area contributed by atoms with Gasteiger partial charge in [-0.3, -0.25) is 0 Å². The van der Waals surface area contributed by atoms with Crippen LogP contribution in [0.3, 0.4) is 0 Å². The van der Waals surface area contributed by atoms with Gasteiger partial charge in [-0.2, -0.15) is 0 Å². The van der Waals surface area contributed by atoms with Gasteiger partial charge in [-0.25, -0.2) is 8.78 Å². The van der Waals surface area contributed by atoms with Gasteiger partial charge in [0.05, 0.1) is 28.1 Å². The normalized spacial score (nSPS) is 15.7. The van der Waals surface area contributed by atoms with Crippen LogP contribution in [-0.4, -0.2) is 15.2 Å². The fourth-order valence-electron chi connectivity index (χ4n) is 11.0. The highest BCUT2D eigenvalue weighted by Crippen LogP contribution is 2.50. The first-order valence-corrected chi connectivity index (χ1v) is 22.4. The second kappa shape index (κ2) is 14.0. The number of rotatable bonds is 5. The summed E-state index contributed by atoms with van der Waals surface area (Å²) in [4.78, 5) is 2.33. The smallest absolute Gasteiger partial charge is 0.135 e. The van der Waals surface area contributed by atoms with Crippen molar-refractivity contribution in [3.63, 3.8) is 0 Å². The summed E-state index contributed by atoms with van der Waals surface area (Å²) in [6, 6.07) is 67.0. The first kappa shape index (κ1) is 36.9. The van der Waals surface area contributed by atoms with E-state index in [4.69, 9.17) is 4.42 Å². The van der Waals surface area contributed by atoms with Crippen molar-refractivity contribution in [1.29, 1.82) is 0 Å². The Morgan fingerprint density at radius 1 is 0.409 bits per heavy atom. The van der Waals surface area contributed by atoms with Crippen molar-refractivity contribution in [3.8, 4) is 33.6 Å². The van der Waals surface area contributed by atoms with E-state index >= 15 is 0 Å². The van der Waals surface area contributed by atoms with Crippen molar-refractivity contribution in [2.75, 3.05) is 4.90 Å². The third-order valence-corrected chi connectivity index (χ3v) is 13.9. The molecule has 2 atom stereocenters. The Labute approximate surface area is 377 Å². The molecule has 3 aromatic heterocycles. The highest BCUT2D eigenvalue weighted by atomic mass is 19.1. The van der Waals surface area contributed by atoms with E-state index in [1.165, 1.54) is 6.07 Å². The number of hydrogen-bond donors (Lipinski definition) is 0. The van der Waals surface area contributed by atoms with Crippen LogP contribution in [0.2, 0.25) is 0 Å². The molecule has 66 heavy (non-hydrogen) atoms. The number of fused-ring (bicyclic) bond motifs is 12. The first-order valence-electron chi connectivity index (χ1n) is 22.4. The van der Waals surface area contributed by atoms with Gasteiger partial charge in [-0.1, -0.05) is 84.9 Å². The van der Waals surface area contributed by atoms with E-state index in [1.807, 2.05) is 48.5 Å². The average molecular weight is 854 g/mol. The maximum atomic E-state index is 15.0. The van der Waals surface area contributed by atoms with Crippen LogP contribution >= 0.6 is 0 Å². The van der Waals surface area contributed by atoms with Gasteiger partial charge in [0.25, 0.3) is 0 Å². The Hall–Kier alpha value is -8.48. The van der Waals surface area contributed by atoms with Gasteiger partial charge >= 0.3 is 0 Å². The molecule has 0 spiro atoms. The van der Waals surface area contributed by atoms with Crippen LogP contribution in [-0.2, 0) is 0 Å². The Bertz CT molecular complexity index is 4040. The number of benzene rings is 9. The van der Waals surface area contributed by atoms with E-state index in [2.05, 4.69) is 154 Å². The number of allylic oxidation sites excluding steroid dienone is 2. The lowest BCUT2D eigenvalue weighted by molar-refractivity contribution is 0.625. The minimum Gasteiger partial charge on any atom is -0.456 e. The standard InChI is InChI=1S/C60H37F2N3O/c61-40-19-26-57-50(33-40)48-31-38(15-22-53(48)63(57)42-9-3-1-4-10-42)36-17-24-55-46(29-36)47-30-37(18-25-56(47)65(55)44-21-28-60-52(35-44)45-13-7-8-14-59(45)66-60)39-16-23-54-49(32-39)51-34-41(62)20-27-58(51)64(54)43-11-5-2-6-12-43/h1-35,50,57H. The summed E-state index contributed by atoms with van der Waals surface area (Å²) in [5.41, 5.74) is 15.4. The molecule has 4 heterocycles. The lowest BCUT2D eigenvalue weighted by atomic mass is 9.89. The van der Waals surface area contributed by atoms with Gasteiger partial charge in [-0.05, 0) is 155 Å². The summed E-state index contributed by atoms with van der Waals surface area (Å²) in [6.45, 7) is 0. The molecule has 0 N–H and O–H groups in total. The minimum atomic E-state index is -0.262. The van der Waals surface area contributed by atoms with E-state index < -0.39 is 0 Å². The van der Waals surface area contributed by atoms with E-state index in [-0.39, 0.29) is 23.6 Å². The van der Waals surface area contributed by atoms with Gasteiger partial charge in [0, 0.05) is 61.0 Å². The van der Waals surface area contributed by atoms with Gasteiger partial charge in [0.2, 0.25) is 0 Å². The highest BCUT2D eigenvalue weighted by Gasteiger charge is 2.38. The van der Waals surface area contributed by atoms with Gasteiger partial charge in [0.15, 0.2) is 0 Å². The van der Waals surface area contributed by atoms with Gasteiger partial charge < -0.3 is 18.5 Å². The van der Waals surface area contributed by atoms with Crippen molar-refractivity contribution in [2.45, 2.75) is 12.0 Å². The quantitative estimate of drug-likeness (QED) is 0.172. The van der Waals surface area contributed by atoms with Crippen LogP contribution in [0, 0.1) is 5.82 Å². The predicted octanol–water partition coefficient (Wildman–Crippen LogP) is 16.3. The number of halogens is 2. The molecule has 0 bridgehead atoms. The summed E-state index contributed by atoms with van der Waals surface area (Å²) < 4.78 is 40.8. The van der Waals surface area contributed by atoms with E-state index in [0.29, 0.717) is 0 Å². The first-order chi connectivity index (χ1) is 32.5. The third-order valence-electron chi connectivity index (χ3n) is 13.9. The fourth-order valence-corrected chi connectivity index (χ4v) is 11.0. The second-order valence-electron chi connectivity index (χ2n) is 17.5. The van der Waals surface area contributed by atoms with E-state index in [9.17, 15) is 8.78 Å². The molecule has 0 saturated carbocycles. The zero-order valence-corrected chi connectivity index (χ0v) is 35.4. The zero-order chi connectivity index (χ0) is 43.6. The van der Waals surface area contributed by atoms with Crippen molar-refractivity contribution >= 4 is 76.9 Å². The molecule has 0 amide bonds. The lowest BCUT2D eigenvalue weighted by Crippen LogP contribution is -2.28. The molecule has 12 aromatic rings. The predicted molar refractivity (Wildman–Crippen MR) is 267 cm³/mol. The largest absolute Gasteiger partial charge is 0.456 e. The van der Waals surface area contributed by atoms with Crippen molar-refractivity contribution in [2.24, 2.45) is 0 Å². The molecule has 0 saturated heterocycles. The number of para-hydroxylation sites is 3. The molecule has 1 aliphatic heterocycles. The molecule has 9 aromatic carbocycles. The van der Waals surface area contributed by atoms with Crippen LogP contribution in [0.5, 0.6) is 0 Å². The number of aromatic nitrogens is 2. The van der Waals surface area contributed by atoms with Crippen LogP contribution in [0.25, 0.3) is 99.2 Å². The monoisotopic (exact) mass is 853 g/mol. The number of nitrogens with zero attached hydrogens (tertiary/aromatic N) is 3. The molecule has 2 aliphatic rings. The minimum absolute atomic E-state index is 0.0196. The molecule has 4 nitrogen and oxygen atoms in total. The molecule has 14 rings (SSSR count). The average Bonchev–Trinajstić information content (AvgIpc) is 4.09. The van der Waals surface area contributed by atoms with Crippen molar-refractivity contribution < 1.29 is 13.2 Å². The number of furan rings is 1. The SMILES string of the molecule is FC1=CC2c3cc(-c4ccc5c(c4)c4cc(-c6ccc7c(c6)c6cc(F)ccc6n7-c6ccccc6)ccc4n5-c4ccc5oc6ccccc6c5c4)ccc3N(c3ccccc3)C2C=C1. The topological polar surface area (TPSA) is 26.2 Å². The maximum absolute atomic E-state index is 15.0. The van der Waals surface area contributed by atoms with Gasteiger partial charge in [-0.15, -0.1) is 0 Å². The summed E-state index contributed by atoms with van der Waals surface area (Å²) in [6.07, 6.45) is 5.35. The summed E-state index contributed by atoms with van der Waals surface area (Å²) in [5.74, 6) is -0.590. The van der Waals surface area contributed by atoms with Crippen molar-refractivity contribution in [3.05, 3.63) is 230 Å². The Morgan fingerprint density at radius 2 is 0.955 bits per heavy atom. The summed E-state index contributed by atoms with van der Waals surface area (Å²) >= 11 is 0. The Morgan fingerprint density at radius 3 is 1.64 bits per heavy atom. The summed E-state index contributed by atoms with van der Waals surface area (Å²) in [5, 5.41) is 6.23. The van der Waals surface area contributed by atoms with Crippen LogP contribution in [0.15, 0.2) is 223 Å². The van der Waals surface area contributed by atoms with Gasteiger partial charge in [0.1, 0.15) is 22.8 Å². The molecular formula is C60H37F2N3O. The van der Waals surface area contributed by atoms with Crippen LogP contribution in [0.4, 0.5) is 20.2 Å². The van der Waals surface area contributed by atoms with E-state index in [1.54, 1.807) is 18.2 Å². The molecule has 6 heteroatoms. The fraction of sp³-hybridized carbons (Fsp3) is 0.0333. The zero-order valence-electron chi connectivity index (χ0n) is 35.4. The molecule has 2 unspecified atom stereocenters. The van der Waals surface area contributed by atoms with E-state index in [0.717, 1.165) is 116 Å². The molecule has 312 valence electrons. The number of hydrogen-bond acceptors (Lipinski definition) is 2. The summed E-state index contributed by atoms with van der Waals surface area (Å²) in [7, 11) is 0. The third kappa shape index (κ3) is 5.48. The maximum Gasteiger partial charge on any atom is 0.135 e. The Kier molecular flexibility index (Phi) is 7.84. The Balaban J connectivity index is 0.965. The number of anilines is 2. The molecular weight excluding hydrogens is 817 g/mol. The molecule has 0 radical (unpaired) electrons. The molecule has 1 aliphatic carbocycles. The second-order valence-corrected chi connectivity index (χ2v) is 17.5. The lowest BCUT2D eigenvalue weighted by Gasteiger charge is -2.28.